The largest absolute Gasteiger partial charge is 0.284 e. The van der Waals surface area contributed by atoms with Crippen LogP contribution in [0.1, 0.15) is 12.5 Å². The second-order valence-electron chi connectivity index (χ2n) is 4.31. The van der Waals surface area contributed by atoms with Crippen LogP contribution in [-0.4, -0.2) is 44.0 Å². The van der Waals surface area contributed by atoms with Crippen molar-refractivity contribution in [1.29, 1.82) is 0 Å². The van der Waals surface area contributed by atoms with Crippen molar-refractivity contribution < 1.29 is 9.59 Å². The van der Waals surface area contributed by atoms with Crippen LogP contribution >= 0.6 is 0 Å². The quantitative estimate of drug-likeness (QED) is 0.721. The van der Waals surface area contributed by atoms with E-state index in [2.05, 4.69) is 15.4 Å². The van der Waals surface area contributed by atoms with Gasteiger partial charge in [0.1, 0.15) is 0 Å². The number of nitrogens with zero attached hydrogens (tertiary/aromatic N) is 5. The van der Waals surface area contributed by atoms with E-state index < -0.39 is 6.04 Å². The van der Waals surface area contributed by atoms with E-state index in [1.165, 1.54) is 11.8 Å². The number of amides is 2. The second-order valence-corrected chi connectivity index (χ2v) is 4.31. The Labute approximate surface area is 108 Å². The lowest BCUT2D eigenvalue weighted by Crippen LogP contribution is -2.27. The van der Waals surface area contributed by atoms with Crippen LogP contribution < -0.4 is 0 Å². The van der Waals surface area contributed by atoms with E-state index in [4.69, 9.17) is 0 Å². The molecule has 0 bridgehead atoms. The molecule has 1 aromatic heterocycles. The number of hydrogen-bond donors (Lipinski definition) is 0. The summed E-state index contributed by atoms with van der Waals surface area (Å²) in [6.07, 6.45) is 0.0833. The fourth-order valence-corrected chi connectivity index (χ4v) is 1.98. The Bertz CT molecular complexity index is 637. The molecule has 19 heavy (non-hydrogen) atoms. The number of carbonyl (C=O) groups is 2. The zero-order valence-corrected chi connectivity index (χ0v) is 10.2. The summed E-state index contributed by atoms with van der Waals surface area (Å²) in [6.45, 7) is 0. The van der Waals surface area contributed by atoms with Gasteiger partial charge in [0.2, 0.25) is 11.7 Å². The molecule has 0 aliphatic carbocycles. The maximum Gasteiger partial charge on any atom is 0.256 e. The van der Waals surface area contributed by atoms with Crippen molar-refractivity contribution in [2.24, 2.45) is 0 Å². The summed E-state index contributed by atoms with van der Waals surface area (Å²) in [5.41, 5.74) is 0.818. The first kappa shape index (κ1) is 11.5. The molecule has 0 spiro atoms. The molecule has 1 atom stereocenters. The number of likely N-dealkylation sites (N-methyl/N-ethyl adjacent to an activating group) is 1. The minimum atomic E-state index is -0.678. The van der Waals surface area contributed by atoms with Gasteiger partial charge in [0, 0.05) is 12.6 Å². The number of benzene rings is 1. The van der Waals surface area contributed by atoms with Crippen LogP contribution in [0.25, 0.3) is 11.4 Å². The predicted molar refractivity (Wildman–Crippen MR) is 64.7 cm³/mol. The molecule has 3 rings (SSSR count). The highest BCUT2D eigenvalue weighted by atomic mass is 16.2. The lowest BCUT2D eigenvalue weighted by Gasteiger charge is -2.06. The third-order valence-corrected chi connectivity index (χ3v) is 3.10. The van der Waals surface area contributed by atoms with Crippen LogP contribution in [0, 0.1) is 0 Å². The summed E-state index contributed by atoms with van der Waals surface area (Å²) in [4.78, 5) is 25.6. The van der Waals surface area contributed by atoms with E-state index in [0.29, 0.717) is 5.82 Å². The van der Waals surface area contributed by atoms with E-state index in [1.807, 2.05) is 30.3 Å². The average molecular weight is 257 g/mol. The zero-order chi connectivity index (χ0) is 13.4. The number of carbonyl (C=O) groups excluding carboxylic acids is 2. The monoisotopic (exact) mass is 257 g/mol. The maximum absolute atomic E-state index is 11.8. The fourth-order valence-electron chi connectivity index (χ4n) is 1.98. The smallest absolute Gasteiger partial charge is 0.256 e. The number of rotatable bonds is 2. The molecule has 1 aromatic carbocycles. The molecule has 96 valence electrons. The maximum atomic E-state index is 11.8. The van der Waals surface area contributed by atoms with Gasteiger partial charge in [-0.15, -0.1) is 10.2 Å². The number of imide groups is 1. The van der Waals surface area contributed by atoms with Gasteiger partial charge in [-0.1, -0.05) is 30.3 Å². The van der Waals surface area contributed by atoms with E-state index in [0.717, 1.165) is 10.5 Å². The Balaban J connectivity index is 1.91. The van der Waals surface area contributed by atoms with Crippen LogP contribution in [0.5, 0.6) is 0 Å². The summed E-state index contributed by atoms with van der Waals surface area (Å²) in [6, 6.07) is 8.66. The molecule has 0 radical (unpaired) electrons. The molecule has 2 amide bonds. The van der Waals surface area contributed by atoms with Crippen molar-refractivity contribution in [1.82, 2.24) is 25.1 Å². The SMILES string of the molecule is CN1C(=O)CC(n2nnc(-c3ccccc3)n2)C1=O. The minimum absolute atomic E-state index is 0.0833. The van der Waals surface area contributed by atoms with Gasteiger partial charge in [0.05, 0.1) is 6.42 Å². The summed E-state index contributed by atoms with van der Waals surface area (Å²) < 4.78 is 0. The predicted octanol–water partition coefficient (Wildman–Crippen LogP) is 0.270. The second kappa shape index (κ2) is 4.27. The van der Waals surface area contributed by atoms with Crippen LogP contribution in [0.15, 0.2) is 30.3 Å². The Morgan fingerprint density at radius 1 is 1.21 bits per heavy atom. The summed E-state index contributed by atoms with van der Waals surface area (Å²) in [7, 11) is 1.46. The molecule has 1 saturated heterocycles. The molecule has 2 heterocycles. The number of tetrazole rings is 1. The molecule has 7 nitrogen and oxygen atoms in total. The first-order valence-electron chi connectivity index (χ1n) is 5.82. The minimum Gasteiger partial charge on any atom is -0.284 e. The highest BCUT2D eigenvalue weighted by Crippen LogP contribution is 2.22. The van der Waals surface area contributed by atoms with Crippen molar-refractivity contribution in [3.05, 3.63) is 30.3 Å². The molecular weight excluding hydrogens is 246 g/mol. The Kier molecular flexibility index (Phi) is 2.59. The van der Waals surface area contributed by atoms with Crippen molar-refractivity contribution >= 4 is 11.8 Å². The van der Waals surface area contributed by atoms with Gasteiger partial charge in [0.15, 0.2) is 6.04 Å². The average Bonchev–Trinajstić information content (AvgIpc) is 3.01. The molecular formula is C12H11N5O2. The lowest BCUT2D eigenvalue weighted by molar-refractivity contribution is -0.137. The van der Waals surface area contributed by atoms with Crippen LogP contribution in [0.4, 0.5) is 0 Å². The molecule has 1 aliphatic rings. The number of likely N-dealkylation sites (tertiary alicyclic amines) is 1. The normalized spacial score (nSPS) is 19.2. The Morgan fingerprint density at radius 2 is 1.95 bits per heavy atom. The van der Waals surface area contributed by atoms with Crippen LogP contribution in [-0.2, 0) is 9.59 Å². The summed E-state index contributed by atoms with van der Waals surface area (Å²) >= 11 is 0. The molecule has 2 aromatic rings. The van der Waals surface area contributed by atoms with Gasteiger partial charge in [-0.25, -0.2) is 0 Å². The zero-order valence-electron chi connectivity index (χ0n) is 10.2. The Morgan fingerprint density at radius 3 is 2.58 bits per heavy atom. The van der Waals surface area contributed by atoms with Gasteiger partial charge >= 0.3 is 0 Å². The van der Waals surface area contributed by atoms with Crippen molar-refractivity contribution in [2.45, 2.75) is 12.5 Å². The van der Waals surface area contributed by atoms with Gasteiger partial charge in [-0.3, -0.25) is 14.5 Å². The standard InChI is InChI=1S/C12H11N5O2/c1-16-10(18)7-9(12(16)19)17-14-11(13-15-17)8-5-3-2-4-6-8/h2-6,9H,7H2,1H3. The first-order chi connectivity index (χ1) is 9.16. The number of hydrogen-bond acceptors (Lipinski definition) is 5. The summed E-state index contributed by atoms with van der Waals surface area (Å²) in [5, 5.41) is 12.0. The summed E-state index contributed by atoms with van der Waals surface area (Å²) in [5.74, 6) is -0.0917. The van der Waals surface area contributed by atoms with Crippen molar-refractivity contribution in [3.8, 4) is 11.4 Å². The number of aromatic nitrogens is 4. The third-order valence-electron chi connectivity index (χ3n) is 3.10. The molecule has 7 heteroatoms. The van der Waals surface area contributed by atoms with E-state index in [1.54, 1.807) is 0 Å². The van der Waals surface area contributed by atoms with E-state index in [-0.39, 0.29) is 18.2 Å². The molecule has 1 aliphatic heterocycles. The van der Waals surface area contributed by atoms with Gasteiger partial charge in [-0.05, 0) is 5.21 Å². The van der Waals surface area contributed by atoms with E-state index >= 15 is 0 Å². The first-order valence-corrected chi connectivity index (χ1v) is 5.82. The third kappa shape index (κ3) is 1.88. The Hall–Kier alpha value is -2.57. The topological polar surface area (TPSA) is 81.0 Å². The van der Waals surface area contributed by atoms with Crippen LogP contribution in [0.2, 0.25) is 0 Å². The molecule has 1 unspecified atom stereocenters. The van der Waals surface area contributed by atoms with Crippen LogP contribution in [0.3, 0.4) is 0 Å². The molecule has 0 N–H and O–H groups in total. The van der Waals surface area contributed by atoms with E-state index in [9.17, 15) is 9.59 Å². The van der Waals surface area contributed by atoms with Crippen molar-refractivity contribution in [2.75, 3.05) is 7.05 Å². The fraction of sp³-hybridized carbons (Fsp3) is 0.250. The highest BCUT2D eigenvalue weighted by Gasteiger charge is 2.39. The lowest BCUT2D eigenvalue weighted by atomic mass is 10.2. The molecule has 1 fully saturated rings. The van der Waals surface area contributed by atoms with Gasteiger partial charge in [0.25, 0.3) is 5.91 Å². The highest BCUT2D eigenvalue weighted by molar-refractivity contribution is 6.04. The van der Waals surface area contributed by atoms with Crippen molar-refractivity contribution in [3.63, 3.8) is 0 Å². The van der Waals surface area contributed by atoms with Gasteiger partial charge in [-0.2, -0.15) is 4.80 Å². The molecule has 0 saturated carbocycles. The van der Waals surface area contributed by atoms with Gasteiger partial charge < -0.3 is 0 Å².